The number of hydrogen-bond acceptors (Lipinski definition) is 4. The lowest BCUT2D eigenvalue weighted by Crippen LogP contribution is -2.34. The van der Waals surface area contributed by atoms with Gasteiger partial charge < -0.3 is 14.8 Å². The Balaban J connectivity index is 2.26. The predicted octanol–water partition coefficient (Wildman–Crippen LogP) is 2.81. The lowest BCUT2D eigenvalue weighted by molar-refractivity contribution is 0.291. The molecule has 1 aromatic rings. The van der Waals surface area contributed by atoms with Crippen molar-refractivity contribution in [3.8, 4) is 11.5 Å². The molecule has 102 valence electrons. The summed E-state index contributed by atoms with van der Waals surface area (Å²) >= 11 is 1.86. The van der Waals surface area contributed by atoms with Gasteiger partial charge in [-0.05, 0) is 32.2 Å². The van der Waals surface area contributed by atoms with Gasteiger partial charge in [-0.15, -0.1) is 0 Å². The van der Waals surface area contributed by atoms with Gasteiger partial charge in [-0.3, -0.25) is 0 Å². The molecule has 0 unspecified atom stereocenters. The SMILES string of the molecule is COc1ccccc1OCCNCC(C)(C)SC. The molecule has 0 radical (unpaired) electrons. The van der Waals surface area contributed by atoms with Gasteiger partial charge in [-0.2, -0.15) is 11.8 Å². The number of thioether (sulfide) groups is 1. The maximum absolute atomic E-state index is 5.68. The van der Waals surface area contributed by atoms with Crippen LogP contribution in [0.1, 0.15) is 13.8 Å². The van der Waals surface area contributed by atoms with E-state index in [1.165, 1.54) is 0 Å². The third-order valence-corrected chi connectivity index (χ3v) is 3.96. The van der Waals surface area contributed by atoms with Gasteiger partial charge in [-0.25, -0.2) is 0 Å². The molecule has 0 atom stereocenters. The van der Waals surface area contributed by atoms with E-state index in [-0.39, 0.29) is 4.75 Å². The fraction of sp³-hybridized carbons (Fsp3) is 0.571. The van der Waals surface area contributed by atoms with Crippen molar-refractivity contribution < 1.29 is 9.47 Å². The van der Waals surface area contributed by atoms with Crippen LogP contribution >= 0.6 is 11.8 Å². The molecule has 18 heavy (non-hydrogen) atoms. The third-order valence-electron chi connectivity index (χ3n) is 2.71. The minimum absolute atomic E-state index is 0.268. The Morgan fingerprint density at radius 3 is 2.50 bits per heavy atom. The second-order valence-electron chi connectivity index (χ2n) is 4.64. The van der Waals surface area contributed by atoms with Crippen molar-refractivity contribution in [2.75, 3.05) is 33.1 Å². The van der Waals surface area contributed by atoms with Crippen LogP contribution in [0.5, 0.6) is 11.5 Å². The molecule has 1 aromatic carbocycles. The van der Waals surface area contributed by atoms with Crippen molar-refractivity contribution in [3.63, 3.8) is 0 Å². The molecular formula is C14H23NO2S. The highest BCUT2D eigenvalue weighted by molar-refractivity contribution is 7.99. The molecule has 0 spiro atoms. The van der Waals surface area contributed by atoms with E-state index in [4.69, 9.17) is 9.47 Å². The number of ether oxygens (including phenoxy) is 2. The monoisotopic (exact) mass is 269 g/mol. The van der Waals surface area contributed by atoms with Gasteiger partial charge in [0, 0.05) is 17.8 Å². The van der Waals surface area contributed by atoms with E-state index in [9.17, 15) is 0 Å². The summed E-state index contributed by atoms with van der Waals surface area (Å²) in [5.74, 6) is 1.58. The first-order chi connectivity index (χ1) is 8.59. The fourth-order valence-corrected chi connectivity index (χ4v) is 1.68. The van der Waals surface area contributed by atoms with Crippen LogP contribution in [0.3, 0.4) is 0 Å². The van der Waals surface area contributed by atoms with Gasteiger partial charge in [0.25, 0.3) is 0 Å². The summed E-state index contributed by atoms with van der Waals surface area (Å²) in [7, 11) is 1.65. The molecule has 0 amide bonds. The smallest absolute Gasteiger partial charge is 0.161 e. The van der Waals surface area contributed by atoms with Gasteiger partial charge in [0.05, 0.1) is 7.11 Å². The van der Waals surface area contributed by atoms with E-state index in [1.54, 1.807) is 7.11 Å². The quantitative estimate of drug-likeness (QED) is 0.735. The van der Waals surface area contributed by atoms with Crippen LogP contribution in [0.2, 0.25) is 0 Å². The molecule has 0 aliphatic heterocycles. The number of benzene rings is 1. The molecule has 0 fully saturated rings. The number of rotatable bonds is 8. The molecule has 0 heterocycles. The molecule has 3 nitrogen and oxygen atoms in total. The summed E-state index contributed by atoms with van der Waals surface area (Å²) < 4.78 is 11.2. The van der Waals surface area contributed by atoms with E-state index in [0.717, 1.165) is 24.6 Å². The molecular weight excluding hydrogens is 246 g/mol. The van der Waals surface area contributed by atoms with Gasteiger partial charge in [0.15, 0.2) is 11.5 Å². The molecule has 0 aliphatic carbocycles. The molecule has 1 rings (SSSR count). The van der Waals surface area contributed by atoms with Crippen molar-refractivity contribution in [1.82, 2.24) is 5.32 Å². The van der Waals surface area contributed by atoms with Crippen LogP contribution in [0.25, 0.3) is 0 Å². The molecule has 0 saturated carbocycles. The molecule has 0 saturated heterocycles. The molecule has 4 heteroatoms. The summed E-state index contributed by atoms with van der Waals surface area (Å²) in [4.78, 5) is 0. The average Bonchev–Trinajstić information content (AvgIpc) is 2.38. The maximum atomic E-state index is 5.68. The van der Waals surface area contributed by atoms with Gasteiger partial charge >= 0.3 is 0 Å². The Morgan fingerprint density at radius 2 is 1.89 bits per heavy atom. The number of methoxy groups -OCH3 is 1. The Hall–Kier alpha value is -0.870. The standard InChI is InChI=1S/C14H23NO2S/c1-14(2,18-4)11-15-9-10-17-13-8-6-5-7-12(13)16-3/h5-8,15H,9-11H2,1-4H3. The first-order valence-corrected chi connectivity index (χ1v) is 7.33. The minimum atomic E-state index is 0.268. The van der Waals surface area contributed by atoms with Crippen molar-refractivity contribution in [2.24, 2.45) is 0 Å². The number of para-hydroxylation sites is 2. The summed E-state index contributed by atoms with van der Waals surface area (Å²) in [5.41, 5.74) is 0. The van der Waals surface area contributed by atoms with Crippen LogP contribution in [-0.2, 0) is 0 Å². The lowest BCUT2D eigenvalue weighted by Gasteiger charge is -2.22. The normalized spacial score (nSPS) is 11.3. The maximum Gasteiger partial charge on any atom is 0.161 e. The van der Waals surface area contributed by atoms with Crippen LogP contribution in [0.4, 0.5) is 0 Å². The molecule has 1 N–H and O–H groups in total. The summed E-state index contributed by atoms with van der Waals surface area (Å²) in [6.07, 6.45) is 2.13. The van der Waals surface area contributed by atoms with Crippen molar-refractivity contribution in [3.05, 3.63) is 24.3 Å². The number of hydrogen-bond donors (Lipinski definition) is 1. The predicted molar refractivity (Wildman–Crippen MR) is 79.0 cm³/mol. The highest BCUT2D eigenvalue weighted by Crippen LogP contribution is 2.25. The lowest BCUT2D eigenvalue weighted by atomic mass is 10.2. The van der Waals surface area contributed by atoms with Crippen LogP contribution in [0.15, 0.2) is 24.3 Å². The van der Waals surface area contributed by atoms with Crippen molar-refractivity contribution in [2.45, 2.75) is 18.6 Å². The van der Waals surface area contributed by atoms with Crippen LogP contribution in [-0.4, -0.2) is 37.8 Å². The van der Waals surface area contributed by atoms with Crippen molar-refractivity contribution >= 4 is 11.8 Å². The van der Waals surface area contributed by atoms with Gasteiger partial charge in [-0.1, -0.05) is 12.1 Å². The Bertz CT molecular complexity index is 355. The summed E-state index contributed by atoms with van der Waals surface area (Å²) in [6.45, 7) is 6.91. The highest BCUT2D eigenvalue weighted by Gasteiger charge is 2.14. The Morgan fingerprint density at radius 1 is 1.22 bits per heavy atom. The summed E-state index contributed by atoms with van der Waals surface area (Å²) in [6, 6.07) is 7.71. The number of nitrogens with one attached hydrogen (secondary N) is 1. The van der Waals surface area contributed by atoms with Crippen LogP contribution in [0, 0.1) is 0 Å². The largest absolute Gasteiger partial charge is 0.493 e. The topological polar surface area (TPSA) is 30.5 Å². The van der Waals surface area contributed by atoms with Gasteiger partial charge in [0.2, 0.25) is 0 Å². The Kier molecular flexibility index (Phi) is 6.36. The zero-order valence-electron chi connectivity index (χ0n) is 11.7. The second-order valence-corrected chi connectivity index (χ2v) is 6.15. The highest BCUT2D eigenvalue weighted by atomic mass is 32.2. The second kappa shape index (κ2) is 7.54. The van der Waals surface area contributed by atoms with Gasteiger partial charge in [0.1, 0.15) is 6.61 Å². The van der Waals surface area contributed by atoms with E-state index in [1.807, 2.05) is 36.0 Å². The van der Waals surface area contributed by atoms with E-state index in [2.05, 4.69) is 25.4 Å². The zero-order chi connectivity index (χ0) is 13.4. The first-order valence-electron chi connectivity index (χ1n) is 6.11. The molecule has 0 bridgehead atoms. The van der Waals surface area contributed by atoms with Crippen LogP contribution < -0.4 is 14.8 Å². The van der Waals surface area contributed by atoms with E-state index < -0.39 is 0 Å². The average molecular weight is 269 g/mol. The fourth-order valence-electron chi connectivity index (χ4n) is 1.43. The first kappa shape index (κ1) is 15.2. The third kappa shape index (κ3) is 5.19. The van der Waals surface area contributed by atoms with E-state index in [0.29, 0.717) is 6.61 Å². The molecule has 0 aromatic heterocycles. The molecule has 0 aliphatic rings. The summed E-state index contributed by atoms with van der Waals surface area (Å²) in [5, 5.41) is 3.40. The Labute approximate surface area is 114 Å². The van der Waals surface area contributed by atoms with Crippen molar-refractivity contribution in [1.29, 1.82) is 0 Å². The minimum Gasteiger partial charge on any atom is -0.493 e. The zero-order valence-corrected chi connectivity index (χ0v) is 12.5. The van der Waals surface area contributed by atoms with E-state index >= 15 is 0 Å².